The molecule has 37 heavy (non-hydrogen) atoms. The molecular formula is C26H16Cl3F3N2O3. The van der Waals surface area contributed by atoms with E-state index in [1.54, 1.807) is 18.2 Å². The van der Waals surface area contributed by atoms with Crippen LogP contribution in [0.15, 0.2) is 66.9 Å². The van der Waals surface area contributed by atoms with Crippen molar-refractivity contribution in [1.82, 2.24) is 10.3 Å². The van der Waals surface area contributed by atoms with Crippen molar-refractivity contribution in [3.8, 4) is 11.1 Å². The van der Waals surface area contributed by atoms with E-state index in [-0.39, 0.29) is 43.7 Å². The summed E-state index contributed by atoms with van der Waals surface area (Å²) in [4.78, 5) is 29.1. The summed E-state index contributed by atoms with van der Waals surface area (Å²) in [7, 11) is 0. The Morgan fingerprint density at radius 2 is 1.57 bits per heavy atom. The van der Waals surface area contributed by atoms with Crippen molar-refractivity contribution >= 4 is 57.6 Å². The van der Waals surface area contributed by atoms with Gasteiger partial charge < -0.3 is 10.4 Å². The van der Waals surface area contributed by atoms with E-state index < -0.39 is 29.7 Å². The first-order chi connectivity index (χ1) is 17.5. The fraction of sp³-hybridized carbons (Fsp3) is 0.115. The maximum absolute atomic E-state index is 13.8. The molecule has 4 aromatic rings. The number of carbonyl (C=O) groups is 2. The van der Waals surface area contributed by atoms with E-state index in [9.17, 15) is 27.9 Å². The first kappa shape index (κ1) is 26.7. The van der Waals surface area contributed by atoms with E-state index in [1.807, 2.05) is 0 Å². The molecule has 5 nitrogen and oxygen atoms in total. The van der Waals surface area contributed by atoms with Gasteiger partial charge in [-0.15, -0.1) is 0 Å². The number of nitrogens with zero attached hydrogens (tertiary/aromatic N) is 1. The Morgan fingerprint density at radius 1 is 0.919 bits per heavy atom. The molecule has 4 rings (SSSR count). The Balaban J connectivity index is 1.77. The number of fused-ring (bicyclic) bond motifs is 1. The van der Waals surface area contributed by atoms with E-state index >= 15 is 0 Å². The van der Waals surface area contributed by atoms with Crippen LogP contribution in [0.2, 0.25) is 15.1 Å². The van der Waals surface area contributed by atoms with Gasteiger partial charge in [0.25, 0.3) is 5.91 Å². The summed E-state index contributed by atoms with van der Waals surface area (Å²) in [6.07, 6.45) is -3.44. The number of rotatable bonds is 6. The number of carboxylic acid groups (broad SMARTS) is 1. The van der Waals surface area contributed by atoms with Gasteiger partial charge in [-0.2, -0.15) is 13.2 Å². The molecule has 0 fully saturated rings. The van der Waals surface area contributed by atoms with Gasteiger partial charge in [0, 0.05) is 28.6 Å². The van der Waals surface area contributed by atoms with Crippen molar-refractivity contribution in [3.05, 3.63) is 98.6 Å². The zero-order valence-electron chi connectivity index (χ0n) is 18.6. The summed E-state index contributed by atoms with van der Waals surface area (Å²) in [5.74, 6) is -2.13. The number of amides is 1. The molecule has 0 spiro atoms. The summed E-state index contributed by atoms with van der Waals surface area (Å²) in [6, 6.07) is 12.6. The van der Waals surface area contributed by atoms with E-state index in [0.717, 1.165) is 6.07 Å². The van der Waals surface area contributed by atoms with Crippen molar-refractivity contribution in [2.45, 2.75) is 18.6 Å². The van der Waals surface area contributed by atoms with Gasteiger partial charge in [0.2, 0.25) is 0 Å². The van der Waals surface area contributed by atoms with E-state index in [0.29, 0.717) is 10.9 Å². The van der Waals surface area contributed by atoms with E-state index in [1.165, 1.54) is 42.6 Å². The number of aliphatic carboxylic acids is 1. The molecule has 3 aromatic carbocycles. The highest BCUT2D eigenvalue weighted by atomic mass is 35.5. The largest absolute Gasteiger partial charge is 0.480 e. The molecule has 1 amide bonds. The minimum atomic E-state index is -4.66. The van der Waals surface area contributed by atoms with Gasteiger partial charge >= 0.3 is 12.1 Å². The van der Waals surface area contributed by atoms with Crippen LogP contribution >= 0.6 is 34.8 Å². The monoisotopic (exact) mass is 566 g/mol. The van der Waals surface area contributed by atoms with E-state index in [2.05, 4.69) is 10.3 Å². The van der Waals surface area contributed by atoms with Crippen LogP contribution in [-0.4, -0.2) is 28.0 Å². The SMILES string of the molecule is O=C(N[C@@H](Cc1ccc(-c2c(Cl)cccc2C(F)(F)F)c2cccnc12)C(=O)O)c1c(Cl)cccc1Cl. The van der Waals surface area contributed by atoms with Crippen molar-refractivity contribution in [2.75, 3.05) is 0 Å². The summed E-state index contributed by atoms with van der Waals surface area (Å²) < 4.78 is 41.3. The molecule has 0 aliphatic heterocycles. The lowest BCUT2D eigenvalue weighted by atomic mass is 9.92. The maximum Gasteiger partial charge on any atom is 0.417 e. The molecule has 1 atom stereocenters. The number of aromatic nitrogens is 1. The molecule has 1 heterocycles. The second-order valence-corrected chi connectivity index (χ2v) is 9.22. The number of nitrogens with one attached hydrogen (secondary N) is 1. The third-order valence-corrected chi connectivity index (χ3v) is 6.60. The van der Waals surface area contributed by atoms with Crippen LogP contribution in [0.25, 0.3) is 22.0 Å². The summed E-state index contributed by atoms with van der Waals surface area (Å²) in [5.41, 5.74) is -0.359. The maximum atomic E-state index is 13.8. The molecule has 0 aliphatic carbocycles. The average Bonchev–Trinajstić information content (AvgIpc) is 2.83. The number of benzene rings is 3. The highest BCUT2D eigenvalue weighted by Gasteiger charge is 2.35. The van der Waals surface area contributed by atoms with Crippen molar-refractivity contribution in [2.24, 2.45) is 0 Å². The van der Waals surface area contributed by atoms with Gasteiger partial charge in [0.1, 0.15) is 6.04 Å². The lowest BCUT2D eigenvalue weighted by Gasteiger charge is -2.19. The van der Waals surface area contributed by atoms with Crippen molar-refractivity contribution in [3.63, 3.8) is 0 Å². The molecule has 11 heteroatoms. The van der Waals surface area contributed by atoms with Crippen molar-refractivity contribution < 1.29 is 27.9 Å². The second-order valence-electron chi connectivity index (χ2n) is 8.00. The van der Waals surface area contributed by atoms with Crippen molar-refractivity contribution in [1.29, 1.82) is 0 Å². The van der Waals surface area contributed by atoms with Crippen LogP contribution in [0, 0.1) is 0 Å². The predicted molar refractivity (Wildman–Crippen MR) is 136 cm³/mol. The average molecular weight is 568 g/mol. The van der Waals surface area contributed by atoms with Crippen LogP contribution in [0.1, 0.15) is 21.5 Å². The van der Waals surface area contributed by atoms with Crippen LogP contribution in [0.4, 0.5) is 13.2 Å². The highest BCUT2D eigenvalue weighted by molar-refractivity contribution is 6.39. The predicted octanol–water partition coefficient (Wildman–Crippen LogP) is 7.31. The quantitative estimate of drug-likeness (QED) is 0.256. The molecule has 190 valence electrons. The molecule has 2 N–H and O–H groups in total. The molecule has 0 saturated heterocycles. The Kier molecular flexibility index (Phi) is 7.64. The molecule has 0 unspecified atom stereocenters. The van der Waals surface area contributed by atoms with Crippen LogP contribution in [0.5, 0.6) is 0 Å². The van der Waals surface area contributed by atoms with Crippen LogP contribution in [0.3, 0.4) is 0 Å². The number of alkyl halides is 3. The zero-order valence-corrected chi connectivity index (χ0v) is 20.9. The number of hydrogen-bond donors (Lipinski definition) is 2. The molecule has 1 aromatic heterocycles. The number of hydrogen-bond acceptors (Lipinski definition) is 3. The summed E-state index contributed by atoms with van der Waals surface area (Å²) in [6.45, 7) is 0. The van der Waals surface area contributed by atoms with Gasteiger partial charge in [-0.1, -0.05) is 65.1 Å². The van der Waals surface area contributed by atoms with Gasteiger partial charge in [-0.3, -0.25) is 9.78 Å². The Labute approximate surface area is 223 Å². The molecule has 0 aliphatic rings. The Hall–Kier alpha value is -3.33. The normalized spacial score (nSPS) is 12.4. The number of carbonyl (C=O) groups excluding carboxylic acids is 1. The fourth-order valence-corrected chi connectivity index (χ4v) is 4.86. The fourth-order valence-electron chi connectivity index (χ4n) is 4.01. The summed E-state index contributed by atoms with van der Waals surface area (Å²) >= 11 is 18.3. The van der Waals surface area contributed by atoms with Crippen LogP contribution in [-0.2, 0) is 17.4 Å². The van der Waals surface area contributed by atoms with E-state index in [4.69, 9.17) is 34.8 Å². The van der Waals surface area contributed by atoms with Gasteiger partial charge in [0.15, 0.2) is 0 Å². The smallest absolute Gasteiger partial charge is 0.417 e. The second kappa shape index (κ2) is 10.6. The summed E-state index contributed by atoms with van der Waals surface area (Å²) in [5, 5.41) is 12.5. The zero-order chi connectivity index (χ0) is 26.9. The molecule has 0 bridgehead atoms. The third kappa shape index (κ3) is 5.51. The van der Waals surface area contributed by atoms with Gasteiger partial charge in [-0.05, 0) is 41.5 Å². The first-order valence-corrected chi connectivity index (χ1v) is 11.8. The standard InChI is InChI=1S/C26H16Cl3F3N2O3/c27-17-6-1-5-16(26(30,31)32)21(17)14-10-9-13(23-15(14)4-3-11-33-23)12-20(25(36)37)34-24(35)22-18(28)7-2-8-19(22)29/h1-11,20H,12H2,(H,34,35)(H,36,37)/t20-/m0/s1. The Morgan fingerprint density at radius 3 is 2.22 bits per heavy atom. The highest BCUT2D eigenvalue weighted by Crippen LogP contribution is 2.43. The lowest BCUT2D eigenvalue weighted by Crippen LogP contribution is -2.42. The molecular weight excluding hydrogens is 552 g/mol. The minimum absolute atomic E-state index is 0.0471. The topological polar surface area (TPSA) is 79.3 Å². The molecule has 0 saturated carbocycles. The number of halogens is 6. The number of carboxylic acids is 1. The van der Waals surface area contributed by atoms with Gasteiger partial charge in [0.05, 0.1) is 26.7 Å². The van der Waals surface area contributed by atoms with Crippen LogP contribution < -0.4 is 5.32 Å². The third-order valence-electron chi connectivity index (χ3n) is 5.66. The lowest BCUT2D eigenvalue weighted by molar-refractivity contribution is -0.139. The van der Waals surface area contributed by atoms with Gasteiger partial charge in [-0.25, -0.2) is 4.79 Å². The first-order valence-electron chi connectivity index (χ1n) is 10.7. The number of pyridine rings is 1. The molecule has 0 radical (unpaired) electrons. The Bertz CT molecular complexity index is 1510. The minimum Gasteiger partial charge on any atom is -0.480 e.